The average molecular weight is 418 g/mol. The van der Waals surface area contributed by atoms with Crippen molar-refractivity contribution >= 4 is 11.8 Å². The van der Waals surface area contributed by atoms with Crippen LogP contribution in [0, 0.1) is 0 Å². The van der Waals surface area contributed by atoms with Crippen molar-refractivity contribution in [2.75, 3.05) is 6.54 Å². The van der Waals surface area contributed by atoms with Gasteiger partial charge in [0.05, 0.1) is 28.2 Å². The molecule has 2 aromatic rings. The van der Waals surface area contributed by atoms with Gasteiger partial charge in [-0.3, -0.25) is 14.5 Å². The van der Waals surface area contributed by atoms with Gasteiger partial charge in [0.1, 0.15) is 6.10 Å². The van der Waals surface area contributed by atoms with Gasteiger partial charge in [0.25, 0.3) is 11.8 Å². The zero-order valence-corrected chi connectivity index (χ0v) is 16.8. The van der Waals surface area contributed by atoms with Crippen LogP contribution < -0.4 is 10.1 Å². The number of carbonyl (C=O) groups excluding carboxylic acids is 2. The molecule has 3 aliphatic heterocycles. The molecule has 0 radical (unpaired) electrons. The molecule has 2 aliphatic carbocycles. The normalized spacial score (nSPS) is 36.8. The molecule has 5 atom stereocenters. The minimum absolute atomic E-state index is 0.0444. The number of phenolic OH excluding ortho intramolecular Hbond substituents is 1. The number of carbonyl (C=O) groups is 2. The van der Waals surface area contributed by atoms with E-state index in [1.165, 1.54) is 4.90 Å². The summed E-state index contributed by atoms with van der Waals surface area (Å²) in [5.74, 6) is -0.164. The van der Waals surface area contributed by atoms with Crippen molar-refractivity contribution < 1.29 is 24.5 Å². The number of hydrogen-bond acceptors (Lipinski definition) is 6. The monoisotopic (exact) mass is 418 g/mol. The second-order valence-corrected chi connectivity index (χ2v) is 9.47. The minimum atomic E-state index is -1.06. The van der Waals surface area contributed by atoms with Gasteiger partial charge >= 0.3 is 0 Å². The molecule has 0 unspecified atom stereocenters. The summed E-state index contributed by atoms with van der Waals surface area (Å²) in [7, 11) is 0. The molecule has 31 heavy (non-hydrogen) atoms. The molecule has 158 valence electrons. The Hall–Kier alpha value is -2.90. The summed E-state index contributed by atoms with van der Waals surface area (Å²) in [6, 6.07) is 9.80. The van der Waals surface area contributed by atoms with E-state index >= 15 is 0 Å². The third kappa shape index (κ3) is 1.81. The van der Waals surface area contributed by atoms with Gasteiger partial charge in [-0.25, -0.2) is 0 Å². The fraction of sp³-hybridized carbons (Fsp3) is 0.417. The number of imide groups is 1. The number of phenols is 1. The predicted molar refractivity (Wildman–Crippen MR) is 109 cm³/mol. The van der Waals surface area contributed by atoms with E-state index in [2.05, 4.69) is 5.32 Å². The highest BCUT2D eigenvalue weighted by molar-refractivity contribution is 6.21. The van der Waals surface area contributed by atoms with Crippen LogP contribution in [0.4, 0.5) is 0 Å². The topological polar surface area (TPSA) is 99.1 Å². The highest BCUT2D eigenvalue weighted by atomic mass is 16.5. The van der Waals surface area contributed by atoms with Crippen LogP contribution in [0.3, 0.4) is 0 Å². The number of fused-ring (bicyclic) bond motifs is 1. The molecule has 0 aromatic heterocycles. The van der Waals surface area contributed by atoms with Crippen molar-refractivity contribution in [3.8, 4) is 11.5 Å². The maximum absolute atomic E-state index is 13.3. The molecule has 2 bridgehead atoms. The summed E-state index contributed by atoms with van der Waals surface area (Å²) in [6.07, 6.45) is 1.59. The highest BCUT2D eigenvalue weighted by Crippen LogP contribution is 2.64. The molecule has 7 heteroatoms. The minimum Gasteiger partial charge on any atom is -0.504 e. The summed E-state index contributed by atoms with van der Waals surface area (Å²) >= 11 is 0. The first-order valence-electron chi connectivity index (χ1n) is 10.9. The lowest BCUT2D eigenvalue weighted by Crippen LogP contribution is -2.78. The molecule has 2 amide bonds. The average Bonchev–Trinajstić information content (AvgIpc) is 3.23. The van der Waals surface area contributed by atoms with E-state index in [4.69, 9.17) is 4.74 Å². The number of benzene rings is 2. The number of nitrogens with one attached hydrogen (secondary N) is 1. The number of aromatic hydroxyl groups is 1. The first-order valence-corrected chi connectivity index (χ1v) is 10.9. The van der Waals surface area contributed by atoms with Crippen LogP contribution >= 0.6 is 0 Å². The zero-order valence-electron chi connectivity index (χ0n) is 16.8. The molecular weight excluding hydrogens is 396 g/mol. The number of piperidine rings is 1. The van der Waals surface area contributed by atoms with Gasteiger partial charge in [-0.05, 0) is 56.0 Å². The molecule has 7 rings (SSSR count). The molecule has 3 heterocycles. The van der Waals surface area contributed by atoms with E-state index < -0.39 is 23.2 Å². The van der Waals surface area contributed by atoms with E-state index in [9.17, 15) is 19.8 Å². The van der Waals surface area contributed by atoms with Gasteiger partial charge in [-0.1, -0.05) is 18.2 Å². The molecule has 2 fully saturated rings. The second-order valence-electron chi connectivity index (χ2n) is 9.47. The van der Waals surface area contributed by atoms with E-state index in [-0.39, 0.29) is 23.6 Å². The Kier molecular flexibility index (Phi) is 3.13. The van der Waals surface area contributed by atoms with Gasteiger partial charge in [0, 0.05) is 11.6 Å². The molecule has 3 N–H and O–H groups in total. The fourth-order valence-electron chi connectivity index (χ4n) is 7.19. The van der Waals surface area contributed by atoms with E-state index in [1.807, 2.05) is 6.07 Å². The van der Waals surface area contributed by atoms with Crippen LogP contribution in [-0.2, 0) is 11.8 Å². The lowest BCUT2D eigenvalue weighted by atomic mass is 9.48. The predicted octanol–water partition coefficient (Wildman–Crippen LogP) is 1.50. The van der Waals surface area contributed by atoms with Crippen LogP contribution in [0.15, 0.2) is 36.4 Å². The Balaban J connectivity index is 1.42. The summed E-state index contributed by atoms with van der Waals surface area (Å²) < 4.78 is 6.41. The van der Waals surface area contributed by atoms with Gasteiger partial charge in [0.15, 0.2) is 11.5 Å². The highest BCUT2D eigenvalue weighted by Gasteiger charge is 2.73. The summed E-state index contributed by atoms with van der Waals surface area (Å²) in [4.78, 5) is 27.9. The Bertz CT molecular complexity index is 1160. The lowest BCUT2D eigenvalue weighted by molar-refractivity contribution is -0.164. The second kappa shape index (κ2) is 5.47. The molecular formula is C24H22N2O5. The quantitative estimate of drug-likeness (QED) is 0.607. The molecule has 1 saturated carbocycles. The Morgan fingerprint density at radius 3 is 2.55 bits per heavy atom. The first kappa shape index (κ1) is 17.7. The third-order valence-corrected chi connectivity index (χ3v) is 8.41. The molecule has 7 nitrogen and oxygen atoms in total. The van der Waals surface area contributed by atoms with Crippen LogP contribution in [0.25, 0.3) is 0 Å². The molecule has 1 spiro atoms. The van der Waals surface area contributed by atoms with Crippen molar-refractivity contribution in [2.24, 2.45) is 0 Å². The van der Waals surface area contributed by atoms with Crippen LogP contribution in [0.2, 0.25) is 0 Å². The fourth-order valence-corrected chi connectivity index (χ4v) is 7.19. The lowest BCUT2D eigenvalue weighted by Gasteiger charge is -2.62. The van der Waals surface area contributed by atoms with Crippen LogP contribution in [-0.4, -0.2) is 57.3 Å². The van der Waals surface area contributed by atoms with E-state index in [0.717, 1.165) is 11.1 Å². The number of amides is 2. The number of nitrogens with zero attached hydrogens (tertiary/aromatic N) is 1. The number of aliphatic hydroxyl groups is 1. The summed E-state index contributed by atoms with van der Waals surface area (Å²) in [5.41, 5.74) is 0.938. The molecule has 5 aliphatic rings. The molecule has 1 saturated heterocycles. The zero-order chi connectivity index (χ0) is 21.1. The first-order chi connectivity index (χ1) is 15.0. The summed E-state index contributed by atoms with van der Waals surface area (Å²) in [5, 5.41) is 26.2. The standard InChI is InChI=1S/C24H22N2O5/c27-16-6-5-12-11-17-24(30)8-7-15(20-23(24,9-10-25-17)18(12)19(16)31-20)26-21(28)13-3-1-2-4-14(13)22(26)29/h1-6,15,17,20,25,27,30H,7-11H2/t15-,17-,20+,23+,24-/m1/s1. The molecule has 2 aromatic carbocycles. The number of ether oxygens (including phenoxy) is 1. The Labute approximate surface area is 178 Å². The Morgan fingerprint density at radius 2 is 1.81 bits per heavy atom. The smallest absolute Gasteiger partial charge is 0.261 e. The van der Waals surface area contributed by atoms with Crippen molar-refractivity contribution in [2.45, 2.75) is 54.9 Å². The third-order valence-electron chi connectivity index (χ3n) is 8.41. The van der Waals surface area contributed by atoms with Gasteiger partial charge in [-0.2, -0.15) is 0 Å². The maximum Gasteiger partial charge on any atom is 0.261 e. The van der Waals surface area contributed by atoms with Crippen LogP contribution in [0.1, 0.15) is 51.1 Å². The van der Waals surface area contributed by atoms with Gasteiger partial charge in [-0.15, -0.1) is 0 Å². The van der Waals surface area contributed by atoms with Gasteiger partial charge in [0.2, 0.25) is 0 Å². The van der Waals surface area contributed by atoms with Crippen molar-refractivity contribution in [1.82, 2.24) is 10.2 Å². The van der Waals surface area contributed by atoms with E-state index in [0.29, 0.717) is 49.1 Å². The SMILES string of the molecule is O=C1c2ccccc2C(=O)N1[C@@H]1CC[C@@]2(O)[C@H]3Cc4ccc(O)c5c4[C@@]2(CCN3)[C@H]1O5. The van der Waals surface area contributed by atoms with Crippen molar-refractivity contribution in [3.63, 3.8) is 0 Å². The van der Waals surface area contributed by atoms with Gasteiger partial charge < -0.3 is 20.3 Å². The van der Waals surface area contributed by atoms with E-state index in [1.54, 1.807) is 30.3 Å². The summed E-state index contributed by atoms with van der Waals surface area (Å²) in [6.45, 7) is 0.705. The maximum atomic E-state index is 13.3. The van der Waals surface area contributed by atoms with Crippen molar-refractivity contribution in [3.05, 3.63) is 58.7 Å². The number of hydrogen-bond donors (Lipinski definition) is 3. The Morgan fingerprint density at radius 1 is 1.06 bits per heavy atom. The van der Waals surface area contributed by atoms with Crippen molar-refractivity contribution in [1.29, 1.82) is 0 Å². The van der Waals surface area contributed by atoms with Crippen LogP contribution in [0.5, 0.6) is 11.5 Å². The number of rotatable bonds is 1. The largest absolute Gasteiger partial charge is 0.504 e.